The fraction of sp³-hybridized carbons (Fsp3) is 0.521. The highest BCUT2D eigenvalue weighted by molar-refractivity contribution is 6.31. The first-order valence-corrected chi connectivity index (χ1v) is 23.0. The fourth-order valence-electron chi connectivity index (χ4n) is 9.89. The molecule has 384 valence electrons. The number of ketones is 3. The summed E-state index contributed by atoms with van der Waals surface area (Å²) in [5, 5.41) is 99.2. The molecule has 3 aliphatic heterocycles. The topological polar surface area (TPSA) is 347 Å². The second kappa shape index (κ2) is 20.7. The lowest BCUT2D eigenvalue weighted by Gasteiger charge is -2.43. The highest BCUT2D eigenvalue weighted by Gasteiger charge is 2.51. The number of phenolic OH excluding ortho intramolecular Hbond substituents is 2. The number of Topliss-reactive ketones (excluding diaryl/α,β-unsaturated/α-hetero) is 1. The predicted octanol–water partition coefficient (Wildman–Crippen LogP) is -0.0131. The number of phenols is 2. The summed E-state index contributed by atoms with van der Waals surface area (Å²) < 4.78 is 40.0. The third-order valence-corrected chi connectivity index (χ3v) is 13.7. The van der Waals surface area contributed by atoms with Gasteiger partial charge in [-0.1, -0.05) is 18.2 Å². The van der Waals surface area contributed by atoms with Crippen LogP contribution in [0, 0.1) is 6.92 Å². The molecule has 0 bridgehead atoms. The Labute approximate surface area is 405 Å². The summed E-state index contributed by atoms with van der Waals surface area (Å²) in [5.74, 6) is -5.45. The number of aryl methyl sites for hydroxylation is 1. The number of aliphatic hydroxyl groups is 6. The van der Waals surface area contributed by atoms with Gasteiger partial charge in [-0.15, -0.1) is 0 Å². The van der Waals surface area contributed by atoms with E-state index in [2.05, 4.69) is 5.32 Å². The van der Waals surface area contributed by atoms with E-state index in [1.54, 1.807) is 26.0 Å². The van der Waals surface area contributed by atoms with E-state index in [1.165, 1.54) is 36.3 Å². The van der Waals surface area contributed by atoms with Crippen molar-refractivity contribution in [3.05, 3.63) is 80.9 Å². The summed E-state index contributed by atoms with van der Waals surface area (Å²) in [6, 6.07) is 8.35. The molecule has 1 amide bonds. The maximum Gasteiger partial charge on any atom is 0.412 e. The number of nitrogens with zero attached hydrogens (tertiary/aromatic N) is 1. The average Bonchev–Trinajstić information content (AvgIpc) is 3.82. The van der Waals surface area contributed by atoms with Crippen LogP contribution in [0.5, 0.6) is 23.0 Å². The molecule has 6 unspecified atom stereocenters. The maximum atomic E-state index is 14.0. The van der Waals surface area contributed by atoms with Crippen LogP contribution in [0.4, 0.5) is 4.79 Å². The normalized spacial score (nSPS) is 30.3. The van der Waals surface area contributed by atoms with Crippen molar-refractivity contribution < 1.29 is 103 Å². The molecule has 3 aromatic rings. The van der Waals surface area contributed by atoms with Gasteiger partial charge in [0.25, 0.3) is 0 Å². The van der Waals surface area contributed by atoms with Crippen LogP contribution in [-0.2, 0) is 46.3 Å². The molecule has 3 heterocycles. The molecule has 3 aromatic carbocycles. The number of hydrogen-bond donors (Lipinski definition) is 10. The van der Waals surface area contributed by atoms with E-state index in [-0.39, 0.29) is 59.9 Å². The Bertz CT molecular complexity index is 2570. The number of benzene rings is 3. The van der Waals surface area contributed by atoms with Crippen molar-refractivity contribution in [1.29, 1.82) is 0 Å². The van der Waals surface area contributed by atoms with E-state index >= 15 is 0 Å². The van der Waals surface area contributed by atoms with Gasteiger partial charge in [-0.25, -0.2) is 9.59 Å². The van der Waals surface area contributed by atoms with Crippen LogP contribution in [0.2, 0.25) is 0 Å². The van der Waals surface area contributed by atoms with Gasteiger partial charge in [-0.3, -0.25) is 19.3 Å². The van der Waals surface area contributed by atoms with Gasteiger partial charge in [0.05, 0.1) is 55.3 Å². The van der Waals surface area contributed by atoms with Gasteiger partial charge in [-0.2, -0.15) is 0 Å². The summed E-state index contributed by atoms with van der Waals surface area (Å²) in [4.78, 5) is 67.1. The smallest absolute Gasteiger partial charge is 0.412 e. The zero-order valence-corrected chi connectivity index (χ0v) is 38.8. The number of carboxylic acids is 1. The number of ether oxygens (including phenoxy) is 7. The maximum absolute atomic E-state index is 14.0. The van der Waals surface area contributed by atoms with Gasteiger partial charge >= 0.3 is 12.1 Å². The number of aromatic hydroxyl groups is 2. The molecule has 23 nitrogen and oxygen atoms in total. The zero-order valence-electron chi connectivity index (χ0n) is 38.8. The van der Waals surface area contributed by atoms with Crippen LogP contribution in [-0.4, -0.2) is 181 Å². The minimum Gasteiger partial charge on any atom is -0.507 e. The van der Waals surface area contributed by atoms with Gasteiger partial charge < -0.3 is 84.4 Å². The summed E-state index contributed by atoms with van der Waals surface area (Å²) in [5.41, 5.74) is -2.97. The van der Waals surface area contributed by atoms with Crippen LogP contribution in [0.1, 0.15) is 92.8 Å². The van der Waals surface area contributed by atoms with Crippen LogP contribution in [0.3, 0.4) is 0 Å². The quantitative estimate of drug-likeness (QED) is 0.0553. The number of amides is 1. The summed E-state index contributed by atoms with van der Waals surface area (Å²) in [7, 11) is 1.30. The third-order valence-electron chi connectivity index (χ3n) is 13.7. The van der Waals surface area contributed by atoms with Gasteiger partial charge in [0.1, 0.15) is 66.4 Å². The number of carbonyl (C=O) groups is 5. The van der Waals surface area contributed by atoms with Crippen LogP contribution < -0.4 is 14.8 Å². The summed E-state index contributed by atoms with van der Waals surface area (Å²) in [6.07, 6.45) is -15.1. The minimum absolute atomic E-state index is 0.0108. The monoisotopic (exact) mass is 996 g/mol. The Balaban J connectivity index is 0.885. The molecule has 3 fully saturated rings. The van der Waals surface area contributed by atoms with E-state index < -0.39 is 145 Å². The highest BCUT2D eigenvalue weighted by Crippen LogP contribution is 2.52. The van der Waals surface area contributed by atoms with Crippen molar-refractivity contribution in [2.24, 2.45) is 0 Å². The number of aliphatic hydroxyl groups excluding tert-OH is 5. The first kappa shape index (κ1) is 51.5. The summed E-state index contributed by atoms with van der Waals surface area (Å²) in [6.45, 7) is 2.84. The molecule has 10 N–H and O–H groups in total. The van der Waals surface area contributed by atoms with E-state index in [0.717, 1.165) is 0 Å². The molecule has 0 aromatic heterocycles. The van der Waals surface area contributed by atoms with E-state index in [1.807, 2.05) is 0 Å². The second-order valence-corrected chi connectivity index (χ2v) is 18.2. The number of carbonyl (C=O) groups excluding carboxylic acids is 4. The molecule has 0 saturated carbocycles. The molecule has 5 aliphatic rings. The third kappa shape index (κ3) is 9.79. The lowest BCUT2D eigenvalue weighted by molar-refractivity contribution is -0.271. The SMILES string of the molecule is COc1cccc2c1C(=O)c1c(O)c3c(c(O)c1C2=O)C[C@@](O)(C(=O)CO)CC3OC1CC(NCCCC2OCCN2C(=O)OCc2ccc(O[C@@H]3O[C@H](C(=O)O)[C@@H](O)[C@H](O)[C@H]3O)c(C)c2)C(O)C(C)O1. The fourth-order valence-corrected chi connectivity index (χ4v) is 9.89. The Kier molecular flexibility index (Phi) is 15.0. The van der Waals surface area contributed by atoms with Gasteiger partial charge in [0.15, 0.2) is 24.0 Å². The van der Waals surface area contributed by atoms with Crippen LogP contribution >= 0.6 is 0 Å². The molecule has 0 spiro atoms. The molecule has 0 radical (unpaired) electrons. The largest absolute Gasteiger partial charge is 0.507 e. The van der Waals surface area contributed by atoms with Crippen molar-refractivity contribution in [2.75, 3.05) is 33.4 Å². The second-order valence-electron chi connectivity index (χ2n) is 18.2. The lowest BCUT2D eigenvalue weighted by Crippen LogP contribution is -2.61. The highest BCUT2D eigenvalue weighted by atomic mass is 16.7. The Hall–Kier alpha value is -5.83. The average molecular weight is 997 g/mol. The van der Waals surface area contributed by atoms with Crippen molar-refractivity contribution >= 4 is 29.4 Å². The van der Waals surface area contributed by atoms with Gasteiger partial charge in [0, 0.05) is 42.0 Å². The van der Waals surface area contributed by atoms with E-state index in [0.29, 0.717) is 30.5 Å². The standard InChI is InChI=1S/C48H56N2O21/c1-20-14-22(9-10-26(20)70-46-43(60)41(58)42(59)44(71-46)45(61)62)19-67-47(63)50-12-13-66-30(50)8-5-11-49-25-15-31(68-21(2)36(25)53)69-28-17-48(64,29(52)18-51)16-24-33(28)40(57)35-34(38(24)55)37(54)23-6-4-7-27(65-3)32(23)39(35)56/h4,6-7,9-10,14,21,25,28,30-31,36,41-44,46,49,51,53,55,57-60,64H,5,8,11-13,15-19H2,1-3H3,(H,61,62)/t21?,25?,28?,30?,31?,36?,41-,42-,43+,44-,46+,48-/m0/s1. The Morgan fingerprint density at radius 2 is 1.68 bits per heavy atom. The van der Waals surface area contributed by atoms with Crippen molar-refractivity contribution in [3.8, 4) is 23.0 Å². The van der Waals surface area contributed by atoms with Gasteiger partial charge in [0.2, 0.25) is 12.1 Å². The molecule has 2 aliphatic carbocycles. The van der Waals surface area contributed by atoms with Gasteiger partial charge in [-0.05, 0) is 62.6 Å². The lowest BCUT2D eigenvalue weighted by atomic mass is 9.72. The first-order chi connectivity index (χ1) is 33.8. The van der Waals surface area contributed by atoms with Crippen molar-refractivity contribution in [3.63, 3.8) is 0 Å². The molecule has 8 rings (SSSR count). The van der Waals surface area contributed by atoms with E-state index in [4.69, 9.17) is 33.2 Å². The number of nitrogens with one attached hydrogen (secondary N) is 1. The van der Waals surface area contributed by atoms with E-state index in [9.17, 15) is 69.9 Å². The van der Waals surface area contributed by atoms with Crippen LogP contribution in [0.15, 0.2) is 36.4 Å². The molecule has 71 heavy (non-hydrogen) atoms. The van der Waals surface area contributed by atoms with Crippen LogP contribution in [0.25, 0.3) is 0 Å². The number of carboxylic acid groups (broad SMARTS) is 1. The van der Waals surface area contributed by atoms with Crippen molar-refractivity contribution in [2.45, 2.75) is 126 Å². The molecular formula is C48H56N2O21. The Morgan fingerprint density at radius 1 is 0.930 bits per heavy atom. The molecule has 12 atom stereocenters. The van der Waals surface area contributed by atoms with Crippen molar-refractivity contribution in [1.82, 2.24) is 10.2 Å². The zero-order chi connectivity index (χ0) is 51.2. The first-order valence-electron chi connectivity index (χ1n) is 23.0. The number of rotatable bonds is 15. The Morgan fingerprint density at radius 3 is 2.38 bits per heavy atom. The number of fused-ring (bicyclic) bond motifs is 3. The number of aliphatic carboxylic acids is 1. The number of methoxy groups -OCH3 is 1. The molecule has 23 heteroatoms. The molecular weight excluding hydrogens is 941 g/mol. The predicted molar refractivity (Wildman–Crippen MR) is 238 cm³/mol. The molecule has 3 saturated heterocycles. The minimum atomic E-state index is -2.35. The summed E-state index contributed by atoms with van der Waals surface area (Å²) >= 11 is 0. The number of hydrogen-bond acceptors (Lipinski definition) is 21.